The van der Waals surface area contributed by atoms with E-state index in [0.717, 1.165) is 30.3 Å². The normalized spacial score (nSPS) is 17.0. The van der Waals surface area contributed by atoms with Crippen LogP contribution >= 0.6 is 0 Å². The van der Waals surface area contributed by atoms with E-state index in [1.807, 2.05) is 36.0 Å². The second-order valence-corrected chi connectivity index (χ2v) is 6.00. The number of para-hydroxylation sites is 2. The fourth-order valence-corrected chi connectivity index (χ4v) is 2.71. The molecule has 5 heteroatoms. The summed E-state index contributed by atoms with van der Waals surface area (Å²) >= 11 is 0. The number of nitrogens with one attached hydrogen (secondary N) is 1. The quantitative estimate of drug-likeness (QED) is 0.921. The van der Waals surface area contributed by atoms with Gasteiger partial charge >= 0.3 is 0 Å². The lowest BCUT2D eigenvalue weighted by Gasteiger charge is -2.26. The van der Waals surface area contributed by atoms with Crippen molar-refractivity contribution in [3.05, 3.63) is 41.7 Å². The summed E-state index contributed by atoms with van der Waals surface area (Å²) in [5, 5.41) is 7.98. The van der Waals surface area contributed by atoms with Crippen LogP contribution in [0.1, 0.15) is 31.0 Å². The first kappa shape index (κ1) is 14.9. The maximum Gasteiger partial charge on any atom is 0.161 e. The molecule has 0 aliphatic carbocycles. The second kappa shape index (κ2) is 6.40. The third-order valence-electron chi connectivity index (χ3n) is 3.74. The largest absolute Gasteiger partial charge is 0.486 e. The summed E-state index contributed by atoms with van der Waals surface area (Å²) in [5.41, 5.74) is 2.40. The Hall–Kier alpha value is -2.01. The van der Waals surface area contributed by atoms with Crippen LogP contribution in [-0.2, 0) is 13.6 Å². The maximum atomic E-state index is 5.94. The van der Waals surface area contributed by atoms with Crippen molar-refractivity contribution in [3.8, 4) is 11.5 Å². The number of rotatable bonds is 5. The number of ether oxygens (including phenoxy) is 2. The van der Waals surface area contributed by atoms with Gasteiger partial charge in [-0.25, -0.2) is 0 Å². The zero-order valence-electron chi connectivity index (χ0n) is 13.4. The number of fused-ring (bicyclic) bond motifs is 1. The molecule has 2 aromatic rings. The van der Waals surface area contributed by atoms with Crippen molar-refractivity contribution < 1.29 is 9.47 Å². The Bertz CT molecular complexity index is 637. The van der Waals surface area contributed by atoms with Crippen LogP contribution in [0.15, 0.2) is 30.5 Å². The fourth-order valence-electron chi connectivity index (χ4n) is 2.71. The van der Waals surface area contributed by atoms with Crippen molar-refractivity contribution in [1.29, 1.82) is 0 Å². The van der Waals surface area contributed by atoms with Crippen molar-refractivity contribution >= 4 is 0 Å². The standard InChI is InChI=1S/C17H23N3O2/c1-12(2)17-13(10-20(3)19-17)8-18-9-14-11-21-15-6-4-5-7-16(15)22-14/h4-7,10,12,14,18H,8-9,11H2,1-3H3/t14-/m1/s1. The molecule has 1 N–H and O–H groups in total. The van der Waals surface area contributed by atoms with Crippen LogP contribution in [-0.4, -0.2) is 29.0 Å². The summed E-state index contributed by atoms with van der Waals surface area (Å²) in [4.78, 5) is 0. The number of aromatic nitrogens is 2. The molecule has 5 nitrogen and oxygen atoms in total. The van der Waals surface area contributed by atoms with E-state index in [2.05, 4.69) is 30.5 Å². The molecule has 0 amide bonds. The molecule has 0 saturated heterocycles. The van der Waals surface area contributed by atoms with Crippen LogP contribution in [0.2, 0.25) is 0 Å². The van der Waals surface area contributed by atoms with Gasteiger partial charge in [-0.3, -0.25) is 4.68 Å². The summed E-state index contributed by atoms with van der Waals surface area (Å²) in [7, 11) is 1.96. The predicted molar refractivity (Wildman–Crippen MR) is 85.4 cm³/mol. The Labute approximate surface area is 131 Å². The van der Waals surface area contributed by atoms with Gasteiger partial charge in [0.2, 0.25) is 0 Å². The highest BCUT2D eigenvalue weighted by Crippen LogP contribution is 2.30. The first-order chi connectivity index (χ1) is 10.6. The van der Waals surface area contributed by atoms with Crippen LogP contribution in [0.4, 0.5) is 0 Å². The van der Waals surface area contributed by atoms with E-state index < -0.39 is 0 Å². The summed E-state index contributed by atoms with van der Waals surface area (Å²) in [5.74, 6) is 2.08. The zero-order valence-corrected chi connectivity index (χ0v) is 13.4. The molecule has 1 atom stereocenters. The van der Waals surface area contributed by atoms with E-state index in [4.69, 9.17) is 9.47 Å². The number of aryl methyl sites for hydroxylation is 1. The van der Waals surface area contributed by atoms with Crippen LogP contribution in [0.3, 0.4) is 0 Å². The lowest BCUT2D eigenvalue weighted by atomic mass is 10.1. The SMILES string of the molecule is CC(C)c1nn(C)cc1CNC[C@@H]1COc2ccccc2O1. The van der Waals surface area contributed by atoms with Crippen LogP contribution in [0.25, 0.3) is 0 Å². The van der Waals surface area contributed by atoms with Crippen LogP contribution < -0.4 is 14.8 Å². The first-order valence-electron chi connectivity index (χ1n) is 7.75. The topological polar surface area (TPSA) is 48.3 Å². The predicted octanol–water partition coefficient (Wildman–Crippen LogP) is 2.47. The number of benzene rings is 1. The smallest absolute Gasteiger partial charge is 0.161 e. The molecule has 0 unspecified atom stereocenters. The average Bonchev–Trinajstić information content (AvgIpc) is 2.88. The highest BCUT2D eigenvalue weighted by Gasteiger charge is 2.20. The molecule has 1 aromatic heterocycles. The molecular weight excluding hydrogens is 278 g/mol. The molecule has 0 spiro atoms. The van der Waals surface area contributed by atoms with Gasteiger partial charge in [0.05, 0.1) is 5.69 Å². The molecule has 22 heavy (non-hydrogen) atoms. The van der Waals surface area contributed by atoms with Crippen molar-refractivity contribution in [3.63, 3.8) is 0 Å². The van der Waals surface area contributed by atoms with E-state index in [1.165, 1.54) is 5.56 Å². The van der Waals surface area contributed by atoms with Crippen molar-refractivity contribution in [1.82, 2.24) is 15.1 Å². The van der Waals surface area contributed by atoms with Gasteiger partial charge in [-0.05, 0) is 18.1 Å². The molecule has 1 aliphatic rings. The van der Waals surface area contributed by atoms with Crippen molar-refractivity contribution in [2.75, 3.05) is 13.2 Å². The van der Waals surface area contributed by atoms with Gasteiger partial charge in [0, 0.05) is 31.9 Å². The number of nitrogens with zero attached hydrogens (tertiary/aromatic N) is 2. The number of hydrogen-bond donors (Lipinski definition) is 1. The van der Waals surface area contributed by atoms with E-state index in [1.54, 1.807) is 0 Å². The van der Waals surface area contributed by atoms with Gasteiger partial charge in [-0.15, -0.1) is 0 Å². The Morgan fingerprint density at radius 1 is 1.32 bits per heavy atom. The van der Waals surface area contributed by atoms with Gasteiger partial charge in [-0.2, -0.15) is 5.10 Å². The third kappa shape index (κ3) is 3.25. The van der Waals surface area contributed by atoms with Gasteiger partial charge in [0.25, 0.3) is 0 Å². The summed E-state index contributed by atoms with van der Waals surface area (Å²) in [6.07, 6.45) is 2.12. The molecule has 0 fully saturated rings. The molecule has 3 rings (SSSR count). The van der Waals surface area contributed by atoms with E-state index in [-0.39, 0.29) is 6.10 Å². The molecule has 1 aromatic carbocycles. The first-order valence-corrected chi connectivity index (χ1v) is 7.75. The Morgan fingerprint density at radius 2 is 2.09 bits per heavy atom. The van der Waals surface area contributed by atoms with Gasteiger partial charge in [-0.1, -0.05) is 26.0 Å². The average molecular weight is 301 g/mol. The van der Waals surface area contributed by atoms with E-state index in [0.29, 0.717) is 12.5 Å². The minimum Gasteiger partial charge on any atom is -0.486 e. The Kier molecular flexibility index (Phi) is 4.34. The monoisotopic (exact) mass is 301 g/mol. The molecule has 0 saturated carbocycles. The summed E-state index contributed by atoms with van der Waals surface area (Å²) in [6.45, 7) is 6.46. The van der Waals surface area contributed by atoms with Crippen molar-refractivity contribution in [2.45, 2.75) is 32.4 Å². The Balaban J connectivity index is 1.54. The lowest BCUT2D eigenvalue weighted by molar-refractivity contribution is 0.0902. The zero-order chi connectivity index (χ0) is 15.5. The molecule has 2 heterocycles. The maximum absolute atomic E-state index is 5.94. The molecular formula is C17H23N3O2. The highest BCUT2D eigenvalue weighted by molar-refractivity contribution is 5.40. The third-order valence-corrected chi connectivity index (χ3v) is 3.74. The summed E-state index contributed by atoms with van der Waals surface area (Å²) in [6, 6.07) is 7.79. The van der Waals surface area contributed by atoms with Gasteiger partial charge in [0.15, 0.2) is 11.5 Å². The van der Waals surface area contributed by atoms with Crippen LogP contribution in [0, 0.1) is 0 Å². The highest BCUT2D eigenvalue weighted by atomic mass is 16.6. The minimum absolute atomic E-state index is 0.0362. The Morgan fingerprint density at radius 3 is 2.86 bits per heavy atom. The van der Waals surface area contributed by atoms with E-state index in [9.17, 15) is 0 Å². The van der Waals surface area contributed by atoms with Gasteiger partial charge in [0.1, 0.15) is 12.7 Å². The van der Waals surface area contributed by atoms with Gasteiger partial charge < -0.3 is 14.8 Å². The molecule has 0 bridgehead atoms. The lowest BCUT2D eigenvalue weighted by Crippen LogP contribution is -2.38. The van der Waals surface area contributed by atoms with E-state index >= 15 is 0 Å². The van der Waals surface area contributed by atoms with Crippen molar-refractivity contribution in [2.24, 2.45) is 7.05 Å². The molecule has 0 radical (unpaired) electrons. The number of hydrogen-bond acceptors (Lipinski definition) is 4. The van der Waals surface area contributed by atoms with Crippen LogP contribution in [0.5, 0.6) is 11.5 Å². The molecule has 118 valence electrons. The minimum atomic E-state index is 0.0362. The summed E-state index contributed by atoms with van der Waals surface area (Å²) < 4.78 is 13.5. The second-order valence-electron chi connectivity index (χ2n) is 6.00. The fraction of sp³-hybridized carbons (Fsp3) is 0.471. The molecule has 1 aliphatic heterocycles.